The summed E-state index contributed by atoms with van der Waals surface area (Å²) < 4.78 is 0. The molecule has 6 heteroatoms. The molecule has 1 fully saturated rings. The molecule has 0 bridgehead atoms. The van der Waals surface area contributed by atoms with Crippen LogP contribution in [-0.4, -0.2) is 40.8 Å². The van der Waals surface area contributed by atoms with Crippen molar-refractivity contribution < 1.29 is 9.59 Å². The first-order valence-corrected chi connectivity index (χ1v) is 6.94. The van der Waals surface area contributed by atoms with Gasteiger partial charge in [-0.2, -0.15) is 0 Å². The Morgan fingerprint density at radius 1 is 1.40 bits per heavy atom. The first-order chi connectivity index (χ1) is 9.54. The molecule has 0 radical (unpaired) electrons. The van der Waals surface area contributed by atoms with Crippen molar-refractivity contribution >= 4 is 29.0 Å². The van der Waals surface area contributed by atoms with Gasteiger partial charge < -0.3 is 16.0 Å². The minimum atomic E-state index is -0.397. The van der Waals surface area contributed by atoms with Crippen LogP contribution in [0.4, 0.5) is 0 Å². The molecule has 1 aliphatic heterocycles. The number of rotatable bonds is 3. The maximum atomic E-state index is 12.5. The molecule has 3 N–H and O–H groups in total. The highest BCUT2D eigenvalue weighted by Gasteiger charge is 2.31. The molecule has 2 rings (SSSR count). The minimum absolute atomic E-state index is 0.0909. The molecule has 0 aromatic heterocycles. The van der Waals surface area contributed by atoms with Crippen molar-refractivity contribution in [2.45, 2.75) is 19.4 Å². The molecule has 0 saturated carbocycles. The Bertz CT molecular complexity index is 542. The van der Waals surface area contributed by atoms with E-state index in [1.807, 2.05) is 6.92 Å². The van der Waals surface area contributed by atoms with E-state index in [2.05, 4.69) is 5.32 Å². The quantitative estimate of drug-likeness (QED) is 0.803. The number of nitrogens with one attached hydrogen (secondary N) is 1. The number of carbonyl (C=O) groups excluding carboxylic acids is 2. The molecule has 1 aliphatic rings. The zero-order valence-corrected chi connectivity index (χ0v) is 12.1. The molecule has 5 nitrogen and oxygen atoms in total. The topological polar surface area (TPSA) is 75.4 Å². The molecular weight excluding hydrogens is 274 g/mol. The summed E-state index contributed by atoms with van der Waals surface area (Å²) in [6.07, 6.45) is 0.600. The molecule has 1 unspecified atom stereocenters. The van der Waals surface area contributed by atoms with Gasteiger partial charge in [-0.1, -0.05) is 31.3 Å². The van der Waals surface area contributed by atoms with E-state index >= 15 is 0 Å². The molecule has 20 heavy (non-hydrogen) atoms. The van der Waals surface area contributed by atoms with Crippen LogP contribution in [0.15, 0.2) is 24.3 Å². The van der Waals surface area contributed by atoms with Crippen molar-refractivity contribution in [1.82, 2.24) is 10.2 Å². The lowest BCUT2D eigenvalue weighted by Crippen LogP contribution is -2.56. The number of piperazine rings is 1. The van der Waals surface area contributed by atoms with Crippen LogP contribution in [-0.2, 0) is 4.79 Å². The highest BCUT2D eigenvalue weighted by atomic mass is 32.1. The third-order valence-electron chi connectivity index (χ3n) is 3.39. The number of thiocarbonyl (C=S) groups is 1. The normalized spacial score (nSPS) is 18.6. The van der Waals surface area contributed by atoms with E-state index in [4.69, 9.17) is 18.0 Å². The molecule has 106 valence electrons. The average Bonchev–Trinajstić information content (AvgIpc) is 2.46. The van der Waals surface area contributed by atoms with Crippen LogP contribution in [0, 0.1) is 0 Å². The summed E-state index contributed by atoms with van der Waals surface area (Å²) in [4.78, 5) is 26.2. The van der Waals surface area contributed by atoms with Gasteiger partial charge in [-0.05, 0) is 18.6 Å². The fraction of sp³-hybridized carbons (Fsp3) is 0.357. The summed E-state index contributed by atoms with van der Waals surface area (Å²) >= 11 is 4.88. The smallest absolute Gasteiger partial charge is 0.254 e. The predicted octanol–water partition coefficient (Wildman–Crippen LogP) is 0.671. The molecule has 1 atom stereocenters. The van der Waals surface area contributed by atoms with E-state index in [1.165, 1.54) is 0 Å². The number of nitrogens with two attached hydrogens (primary N) is 1. The van der Waals surface area contributed by atoms with Crippen LogP contribution >= 0.6 is 12.2 Å². The van der Waals surface area contributed by atoms with Crippen LogP contribution in [0.2, 0.25) is 0 Å². The summed E-state index contributed by atoms with van der Waals surface area (Å²) in [6, 6.07) is 6.43. The van der Waals surface area contributed by atoms with E-state index in [1.54, 1.807) is 29.2 Å². The Hall–Kier alpha value is -1.95. The number of benzene rings is 1. The third-order valence-corrected chi connectivity index (χ3v) is 3.63. The molecule has 1 heterocycles. The lowest BCUT2D eigenvalue weighted by Gasteiger charge is -2.34. The fourth-order valence-corrected chi connectivity index (χ4v) is 2.44. The monoisotopic (exact) mass is 291 g/mol. The van der Waals surface area contributed by atoms with Gasteiger partial charge in [0.2, 0.25) is 5.91 Å². The summed E-state index contributed by atoms with van der Waals surface area (Å²) in [6.45, 7) is 2.91. The number of nitrogens with zero attached hydrogens (tertiary/aromatic N) is 1. The van der Waals surface area contributed by atoms with Gasteiger partial charge in [0.25, 0.3) is 5.91 Å². The zero-order valence-electron chi connectivity index (χ0n) is 11.3. The van der Waals surface area contributed by atoms with Crippen LogP contribution < -0.4 is 11.1 Å². The molecule has 1 saturated heterocycles. The van der Waals surface area contributed by atoms with Gasteiger partial charge in [-0.25, -0.2) is 0 Å². The van der Waals surface area contributed by atoms with Gasteiger partial charge in [0.15, 0.2) is 0 Å². The second kappa shape index (κ2) is 6.00. The molecule has 2 amide bonds. The summed E-state index contributed by atoms with van der Waals surface area (Å²) in [5.41, 5.74) is 6.79. The fourth-order valence-electron chi connectivity index (χ4n) is 2.31. The standard InChI is InChI=1S/C14H17N3O2S/c1-2-11-13(18)16-7-8-17(11)14(19)10-5-3-9(4-6-10)12(15)20/h3-6,11H,2,7-8H2,1H3,(H2,15,20)(H,16,18). The molecule has 0 spiro atoms. The predicted molar refractivity (Wildman–Crippen MR) is 80.5 cm³/mol. The summed E-state index contributed by atoms with van der Waals surface area (Å²) in [5.74, 6) is -0.229. The zero-order chi connectivity index (χ0) is 14.7. The molecule has 0 aliphatic carbocycles. The van der Waals surface area contributed by atoms with E-state index in [0.717, 1.165) is 5.56 Å². The number of amides is 2. The highest BCUT2D eigenvalue weighted by molar-refractivity contribution is 7.80. The van der Waals surface area contributed by atoms with Crippen LogP contribution in [0.1, 0.15) is 29.3 Å². The van der Waals surface area contributed by atoms with Crippen molar-refractivity contribution in [2.24, 2.45) is 5.73 Å². The SMILES string of the molecule is CCC1C(=O)NCCN1C(=O)c1ccc(C(N)=S)cc1. The summed E-state index contributed by atoms with van der Waals surface area (Å²) in [5, 5.41) is 2.78. The van der Waals surface area contributed by atoms with Crippen LogP contribution in [0.3, 0.4) is 0 Å². The Morgan fingerprint density at radius 2 is 2.00 bits per heavy atom. The largest absolute Gasteiger partial charge is 0.389 e. The van der Waals surface area contributed by atoms with E-state index < -0.39 is 6.04 Å². The number of hydrogen-bond acceptors (Lipinski definition) is 3. The van der Waals surface area contributed by atoms with Gasteiger partial charge in [-0.3, -0.25) is 9.59 Å². The Labute approximate surface area is 123 Å². The maximum absolute atomic E-state index is 12.5. The van der Waals surface area contributed by atoms with Crippen LogP contribution in [0.25, 0.3) is 0 Å². The first kappa shape index (κ1) is 14.5. The van der Waals surface area contributed by atoms with Gasteiger partial charge in [-0.15, -0.1) is 0 Å². The lowest BCUT2D eigenvalue weighted by atomic mass is 10.1. The Morgan fingerprint density at radius 3 is 2.55 bits per heavy atom. The first-order valence-electron chi connectivity index (χ1n) is 6.53. The number of hydrogen-bond donors (Lipinski definition) is 2. The van der Waals surface area contributed by atoms with Crippen LogP contribution in [0.5, 0.6) is 0 Å². The molecular formula is C14H17N3O2S. The van der Waals surface area contributed by atoms with Crippen molar-refractivity contribution in [2.75, 3.05) is 13.1 Å². The average molecular weight is 291 g/mol. The molecule has 1 aromatic rings. The van der Waals surface area contributed by atoms with Crippen molar-refractivity contribution in [1.29, 1.82) is 0 Å². The minimum Gasteiger partial charge on any atom is -0.389 e. The lowest BCUT2D eigenvalue weighted by molar-refractivity contribution is -0.127. The second-order valence-electron chi connectivity index (χ2n) is 4.66. The van der Waals surface area contributed by atoms with Gasteiger partial charge in [0.05, 0.1) is 0 Å². The van der Waals surface area contributed by atoms with Gasteiger partial charge in [0, 0.05) is 24.2 Å². The highest BCUT2D eigenvalue weighted by Crippen LogP contribution is 2.14. The van der Waals surface area contributed by atoms with Gasteiger partial charge >= 0.3 is 0 Å². The summed E-state index contributed by atoms with van der Waals surface area (Å²) in [7, 11) is 0. The van der Waals surface area contributed by atoms with Crippen molar-refractivity contribution in [3.8, 4) is 0 Å². The Balaban J connectivity index is 2.21. The van der Waals surface area contributed by atoms with E-state index in [9.17, 15) is 9.59 Å². The van der Waals surface area contributed by atoms with Crippen molar-refractivity contribution in [3.63, 3.8) is 0 Å². The molecule has 1 aromatic carbocycles. The maximum Gasteiger partial charge on any atom is 0.254 e. The Kier molecular flexibility index (Phi) is 4.34. The number of carbonyl (C=O) groups is 2. The third kappa shape index (κ3) is 2.80. The van der Waals surface area contributed by atoms with Gasteiger partial charge in [0.1, 0.15) is 11.0 Å². The van der Waals surface area contributed by atoms with E-state index in [-0.39, 0.29) is 11.8 Å². The van der Waals surface area contributed by atoms with Crippen molar-refractivity contribution in [3.05, 3.63) is 35.4 Å². The second-order valence-corrected chi connectivity index (χ2v) is 5.10. The van der Waals surface area contributed by atoms with E-state index in [0.29, 0.717) is 30.1 Å².